The van der Waals surface area contributed by atoms with Gasteiger partial charge in [0, 0.05) is 11.0 Å². The van der Waals surface area contributed by atoms with Crippen LogP contribution in [0.1, 0.15) is 22.0 Å². The van der Waals surface area contributed by atoms with Gasteiger partial charge in [0.25, 0.3) is 5.91 Å². The van der Waals surface area contributed by atoms with Gasteiger partial charge >= 0.3 is 0 Å². The molecule has 1 unspecified atom stereocenters. The maximum atomic E-state index is 11.4. The van der Waals surface area contributed by atoms with Crippen molar-refractivity contribution < 1.29 is 9.53 Å². The third kappa shape index (κ3) is 3.37. The lowest BCUT2D eigenvalue weighted by molar-refractivity contribution is 0.0993. The molecular formula is C15H15BrN2O2. The van der Waals surface area contributed by atoms with E-state index < -0.39 is 5.91 Å². The zero-order chi connectivity index (χ0) is 14.5. The van der Waals surface area contributed by atoms with E-state index in [0.717, 1.165) is 10.0 Å². The lowest BCUT2D eigenvalue weighted by Gasteiger charge is -2.19. The molecular weight excluding hydrogens is 320 g/mol. The van der Waals surface area contributed by atoms with Crippen molar-refractivity contribution >= 4 is 21.8 Å². The smallest absolute Gasteiger partial charge is 0.252 e. The van der Waals surface area contributed by atoms with Gasteiger partial charge in [-0.3, -0.25) is 4.79 Å². The van der Waals surface area contributed by atoms with Gasteiger partial charge in [0.2, 0.25) is 0 Å². The van der Waals surface area contributed by atoms with Crippen LogP contribution in [-0.4, -0.2) is 12.5 Å². The largest absolute Gasteiger partial charge is 0.484 e. The lowest BCUT2D eigenvalue weighted by atomic mass is 10.1. The molecule has 4 N–H and O–H groups in total. The first-order chi connectivity index (χ1) is 9.61. The van der Waals surface area contributed by atoms with Crippen LogP contribution in [0.25, 0.3) is 0 Å². The highest BCUT2D eigenvalue weighted by Crippen LogP contribution is 2.25. The number of nitrogens with two attached hydrogens (primary N) is 2. The Morgan fingerprint density at radius 2 is 1.80 bits per heavy atom. The maximum absolute atomic E-state index is 11.4. The number of primary amides is 1. The average Bonchev–Trinajstić information content (AvgIpc) is 2.46. The molecule has 2 aromatic carbocycles. The standard InChI is InChI=1S/C15H15BrN2O2/c16-11-7-5-10(6-8-11)14(9-17)20-13-4-2-1-3-12(13)15(18)19/h1-8,14H,9,17H2,(H2,18,19). The van der Waals surface area contributed by atoms with Crippen molar-refractivity contribution in [3.8, 4) is 5.75 Å². The molecule has 0 saturated heterocycles. The number of para-hydroxylation sites is 1. The fraction of sp³-hybridized carbons (Fsp3) is 0.133. The molecule has 5 heteroatoms. The van der Waals surface area contributed by atoms with E-state index in [2.05, 4.69) is 15.9 Å². The molecule has 20 heavy (non-hydrogen) atoms. The summed E-state index contributed by atoms with van der Waals surface area (Å²) in [6.07, 6.45) is -0.330. The molecule has 0 saturated carbocycles. The second kappa shape index (κ2) is 6.54. The Balaban J connectivity index is 2.27. The van der Waals surface area contributed by atoms with Gasteiger partial charge < -0.3 is 16.2 Å². The number of carbonyl (C=O) groups is 1. The number of hydrogen-bond acceptors (Lipinski definition) is 3. The van der Waals surface area contributed by atoms with Crippen LogP contribution < -0.4 is 16.2 Å². The minimum atomic E-state index is -0.521. The molecule has 2 rings (SSSR count). The van der Waals surface area contributed by atoms with Gasteiger partial charge in [0.15, 0.2) is 0 Å². The minimum Gasteiger partial charge on any atom is -0.484 e. The van der Waals surface area contributed by atoms with E-state index in [0.29, 0.717) is 17.9 Å². The summed E-state index contributed by atoms with van der Waals surface area (Å²) in [5, 5.41) is 0. The van der Waals surface area contributed by atoms with Crippen molar-refractivity contribution in [2.24, 2.45) is 11.5 Å². The van der Waals surface area contributed by atoms with Crippen LogP contribution in [0.2, 0.25) is 0 Å². The van der Waals surface area contributed by atoms with Crippen molar-refractivity contribution in [1.29, 1.82) is 0 Å². The van der Waals surface area contributed by atoms with Crippen molar-refractivity contribution in [1.82, 2.24) is 0 Å². The summed E-state index contributed by atoms with van der Waals surface area (Å²) in [6, 6.07) is 14.6. The summed E-state index contributed by atoms with van der Waals surface area (Å²) >= 11 is 3.38. The molecule has 1 atom stereocenters. The van der Waals surface area contributed by atoms with Gasteiger partial charge in [0.05, 0.1) is 5.56 Å². The van der Waals surface area contributed by atoms with Crippen LogP contribution in [0.5, 0.6) is 5.75 Å². The Kier molecular flexibility index (Phi) is 4.76. The quantitative estimate of drug-likeness (QED) is 0.882. The second-order valence-corrected chi connectivity index (χ2v) is 5.17. The first-order valence-electron chi connectivity index (χ1n) is 6.13. The molecule has 0 heterocycles. The summed E-state index contributed by atoms with van der Waals surface area (Å²) < 4.78 is 6.82. The molecule has 0 aliphatic carbocycles. The van der Waals surface area contributed by atoms with Crippen LogP contribution in [-0.2, 0) is 0 Å². The summed E-state index contributed by atoms with van der Waals surface area (Å²) in [4.78, 5) is 11.4. The number of amides is 1. The number of benzene rings is 2. The highest BCUT2D eigenvalue weighted by atomic mass is 79.9. The Labute approximate surface area is 125 Å². The van der Waals surface area contributed by atoms with Crippen LogP contribution in [0.4, 0.5) is 0 Å². The number of hydrogen-bond donors (Lipinski definition) is 2. The topological polar surface area (TPSA) is 78.3 Å². The fourth-order valence-electron chi connectivity index (χ4n) is 1.86. The van der Waals surface area contributed by atoms with Crippen LogP contribution in [0, 0.1) is 0 Å². The van der Waals surface area contributed by atoms with E-state index in [1.165, 1.54) is 0 Å². The normalized spacial score (nSPS) is 11.9. The summed E-state index contributed by atoms with van der Waals surface area (Å²) in [6.45, 7) is 0.300. The molecule has 4 nitrogen and oxygen atoms in total. The third-order valence-corrected chi connectivity index (χ3v) is 3.41. The molecule has 0 spiro atoms. The van der Waals surface area contributed by atoms with Gasteiger partial charge in [-0.05, 0) is 29.8 Å². The summed E-state index contributed by atoms with van der Waals surface area (Å²) in [5.41, 5.74) is 12.4. The lowest BCUT2D eigenvalue weighted by Crippen LogP contribution is -2.20. The molecule has 1 amide bonds. The van der Waals surface area contributed by atoms with Crippen molar-refractivity contribution in [2.75, 3.05) is 6.54 Å². The van der Waals surface area contributed by atoms with Crippen molar-refractivity contribution in [2.45, 2.75) is 6.10 Å². The predicted octanol–water partition coefficient (Wildman–Crippen LogP) is 2.63. The zero-order valence-electron chi connectivity index (χ0n) is 10.8. The van der Waals surface area contributed by atoms with Gasteiger partial charge in [-0.15, -0.1) is 0 Å². The molecule has 0 radical (unpaired) electrons. The van der Waals surface area contributed by atoms with Gasteiger partial charge in [-0.1, -0.05) is 40.2 Å². The molecule has 0 aliphatic heterocycles. The van der Waals surface area contributed by atoms with Gasteiger partial charge in [0.1, 0.15) is 11.9 Å². The Hall–Kier alpha value is -1.85. The van der Waals surface area contributed by atoms with Crippen LogP contribution in [0.3, 0.4) is 0 Å². The second-order valence-electron chi connectivity index (χ2n) is 4.25. The molecule has 0 aromatic heterocycles. The zero-order valence-corrected chi connectivity index (χ0v) is 12.3. The van der Waals surface area contributed by atoms with Crippen LogP contribution >= 0.6 is 15.9 Å². The average molecular weight is 335 g/mol. The first-order valence-corrected chi connectivity index (χ1v) is 6.92. The predicted molar refractivity (Wildman–Crippen MR) is 81.5 cm³/mol. The Morgan fingerprint density at radius 3 is 2.40 bits per heavy atom. The molecule has 104 valence electrons. The van der Waals surface area contributed by atoms with Gasteiger partial charge in [-0.25, -0.2) is 0 Å². The summed E-state index contributed by atoms with van der Waals surface area (Å²) in [5.74, 6) is -0.0782. The Morgan fingerprint density at radius 1 is 1.15 bits per heavy atom. The van der Waals surface area contributed by atoms with Crippen LogP contribution in [0.15, 0.2) is 53.0 Å². The molecule has 2 aromatic rings. The minimum absolute atomic E-state index is 0.300. The van der Waals surface area contributed by atoms with E-state index >= 15 is 0 Å². The fourth-order valence-corrected chi connectivity index (χ4v) is 2.12. The third-order valence-electron chi connectivity index (χ3n) is 2.88. The number of rotatable bonds is 5. The van der Waals surface area contributed by atoms with Gasteiger partial charge in [-0.2, -0.15) is 0 Å². The molecule has 0 aliphatic rings. The number of carbonyl (C=O) groups excluding carboxylic acids is 1. The van der Waals surface area contributed by atoms with E-state index in [9.17, 15) is 4.79 Å². The first kappa shape index (κ1) is 14.6. The maximum Gasteiger partial charge on any atom is 0.252 e. The van der Waals surface area contributed by atoms with Crippen molar-refractivity contribution in [3.63, 3.8) is 0 Å². The van der Waals surface area contributed by atoms with E-state index in [1.807, 2.05) is 24.3 Å². The SMILES string of the molecule is NCC(Oc1ccccc1C(N)=O)c1ccc(Br)cc1. The molecule has 0 fully saturated rings. The van der Waals surface area contributed by atoms with E-state index in [4.69, 9.17) is 16.2 Å². The van der Waals surface area contributed by atoms with E-state index in [1.54, 1.807) is 24.3 Å². The number of halogens is 1. The van der Waals surface area contributed by atoms with Crippen molar-refractivity contribution in [3.05, 3.63) is 64.1 Å². The Bertz CT molecular complexity index is 599. The summed E-state index contributed by atoms with van der Waals surface area (Å²) in [7, 11) is 0. The molecule has 0 bridgehead atoms. The van der Waals surface area contributed by atoms with E-state index in [-0.39, 0.29) is 6.10 Å². The highest BCUT2D eigenvalue weighted by molar-refractivity contribution is 9.10. The highest BCUT2D eigenvalue weighted by Gasteiger charge is 2.15. The monoisotopic (exact) mass is 334 g/mol. The number of ether oxygens (including phenoxy) is 1.